The van der Waals surface area contributed by atoms with E-state index in [2.05, 4.69) is 0 Å². The summed E-state index contributed by atoms with van der Waals surface area (Å²) in [6.45, 7) is 3.34. The maximum atomic E-state index is 11.9. The normalized spacial score (nSPS) is 26.2. The van der Waals surface area contributed by atoms with Crippen molar-refractivity contribution < 1.29 is 9.59 Å². The molecule has 1 aliphatic heterocycles. The average molecular weight is 209 g/mol. The summed E-state index contributed by atoms with van der Waals surface area (Å²) >= 11 is 0. The van der Waals surface area contributed by atoms with E-state index in [9.17, 15) is 9.59 Å². The summed E-state index contributed by atoms with van der Waals surface area (Å²) in [5.41, 5.74) is 0.359. The van der Waals surface area contributed by atoms with Gasteiger partial charge in [-0.2, -0.15) is 0 Å². The lowest BCUT2D eigenvalue weighted by Crippen LogP contribution is -2.48. The van der Waals surface area contributed by atoms with Crippen molar-refractivity contribution in [3.63, 3.8) is 0 Å². The lowest BCUT2D eigenvalue weighted by molar-refractivity contribution is -0.141. The Morgan fingerprint density at radius 1 is 1.47 bits per heavy atom. The largest absolute Gasteiger partial charge is 0.342 e. The van der Waals surface area contributed by atoms with Crippen LogP contribution in [0.4, 0.5) is 0 Å². The van der Waals surface area contributed by atoms with Gasteiger partial charge in [0.1, 0.15) is 6.29 Å². The fourth-order valence-corrected chi connectivity index (χ4v) is 2.71. The summed E-state index contributed by atoms with van der Waals surface area (Å²) in [6, 6.07) is 0. The first-order valence-corrected chi connectivity index (χ1v) is 5.88. The van der Waals surface area contributed by atoms with Crippen molar-refractivity contribution in [1.82, 2.24) is 4.90 Å². The number of amides is 1. The molecule has 3 nitrogen and oxygen atoms in total. The Morgan fingerprint density at radius 3 is 2.67 bits per heavy atom. The van der Waals surface area contributed by atoms with Crippen molar-refractivity contribution >= 4 is 12.2 Å². The standard InChI is InChI=1S/C12H19NO2/c1-10(9-14)8-13-6-5-12(3-2-4-12)7-11(13)15/h9-10H,2-8H2,1H3. The third-order valence-corrected chi connectivity index (χ3v) is 3.95. The Morgan fingerprint density at radius 2 is 2.20 bits per heavy atom. The molecule has 2 fully saturated rings. The topological polar surface area (TPSA) is 37.4 Å². The van der Waals surface area contributed by atoms with Gasteiger partial charge < -0.3 is 9.69 Å². The molecule has 1 saturated carbocycles. The van der Waals surface area contributed by atoms with Gasteiger partial charge in [-0.1, -0.05) is 13.3 Å². The van der Waals surface area contributed by atoms with Crippen LogP contribution in [0.25, 0.3) is 0 Å². The second-order valence-corrected chi connectivity index (χ2v) is 5.23. The molecule has 1 unspecified atom stereocenters. The van der Waals surface area contributed by atoms with E-state index < -0.39 is 0 Å². The van der Waals surface area contributed by atoms with Gasteiger partial charge in [0.05, 0.1) is 0 Å². The number of piperidine rings is 1. The first-order chi connectivity index (χ1) is 7.15. The number of aldehydes is 1. The van der Waals surface area contributed by atoms with E-state index in [1.807, 2.05) is 11.8 Å². The van der Waals surface area contributed by atoms with Gasteiger partial charge in [0.2, 0.25) is 5.91 Å². The smallest absolute Gasteiger partial charge is 0.223 e. The molecule has 2 rings (SSSR count). The Balaban J connectivity index is 1.89. The molecular formula is C12H19NO2. The van der Waals surface area contributed by atoms with Gasteiger partial charge in [0.25, 0.3) is 0 Å². The van der Waals surface area contributed by atoms with Crippen molar-refractivity contribution in [1.29, 1.82) is 0 Å². The number of likely N-dealkylation sites (tertiary alicyclic amines) is 1. The summed E-state index contributed by atoms with van der Waals surface area (Å²) in [6.07, 6.45) is 6.55. The molecule has 2 aliphatic rings. The van der Waals surface area contributed by atoms with Gasteiger partial charge >= 0.3 is 0 Å². The number of rotatable bonds is 3. The van der Waals surface area contributed by atoms with Gasteiger partial charge in [0.15, 0.2) is 0 Å². The van der Waals surface area contributed by atoms with E-state index in [4.69, 9.17) is 0 Å². The third kappa shape index (κ3) is 2.06. The molecule has 15 heavy (non-hydrogen) atoms. The van der Waals surface area contributed by atoms with Crippen LogP contribution >= 0.6 is 0 Å². The highest BCUT2D eigenvalue weighted by Gasteiger charge is 2.43. The molecule has 0 aromatic carbocycles. The molecule has 0 N–H and O–H groups in total. The molecular weight excluding hydrogens is 190 g/mol. The second kappa shape index (κ2) is 3.95. The highest BCUT2D eigenvalue weighted by atomic mass is 16.2. The molecule has 0 aromatic heterocycles. The van der Waals surface area contributed by atoms with E-state index in [0.29, 0.717) is 12.0 Å². The summed E-state index contributed by atoms with van der Waals surface area (Å²) < 4.78 is 0. The van der Waals surface area contributed by atoms with Crippen LogP contribution < -0.4 is 0 Å². The maximum absolute atomic E-state index is 11.9. The van der Waals surface area contributed by atoms with Crippen molar-refractivity contribution in [3.05, 3.63) is 0 Å². The molecule has 0 aromatic rings. The molecule has 0 radical (unpaired) electrons. The van der Waals surface area contributed by atoms with Crippen LogP contribution in [0.3, 0.4) is 0 Å². The Bertz CT molecular complexity index is 271. The molecule has 1 saturated heterocycles. The highest BCUT2D eigenvalue weighted by Crippen LogP contribution is 2.49. The van der Waals surface area contributed by atoms with Gasteiger partial charge in [-0.15, -0.1) is 0 Å². The molecule has 84 valence electrons. The molecule has 3 heteroatoms. The number of hydrogen-bond acceptors (Lipinski definition) is 2. The van der Waals surface area contributed by atoms with E-state index >= 15 is 0 Å². The minimum absolute atomic E-state index is 0.0237. The zero-order chi connectivity index (χ0) is 10.9. The molecule has 1 aliphatic carbocycles. The molecule has 0 bridgehead atoms. The van der Waals surface area contributed by atoms with Crippen molar-refractivity contribution in [2.75, 3.05) is 13.1 Å². The van der Waals surface area contributed by atoms with Crippen molar-refractivity contribution in [2.24, 2.45) is 11.3 Å². The third-order valence-electron chi connectivity index (χ3n) is 3.95. The van der Waals surface area contributed by atoms with Gasteiger partial charge in [-0.05, 0) is 24.7 Å². The van der Waals surface area contributed by atoms with E-state index in [0.717, 1.165) is 25.7 Å². The SMILES string of the molecule is CC(C=O)CN1CCC2(CCC2)CC1=O. The molecule has 1 spiro atoms. The minimum atomic E-state index is -0.0237. The first kappa shape index (κ1) is 10.7. The van der Waals surface area contributed by atoms with E-state index in [1.54, 1.807) is 0 Å². The number of hydrogen-bond donors (Lipinski definition) is 0. The van der Waals surface area contributed by atoms with Crippen molar-refractivity contribution in [3.8, 4) is 0 Å². The van der Waals surface area contributed by atoms with Crippen LogP contribution in [-0.4, -0.2) is 30.2 Å². The Hall–Kier alpha value is -0.860. The monoisotopic (exact) mass is 209 g/mol. The number of nitrogens with zero attached hydrogens (tertiary/aromatic N) is 1. The molecule has 1 heterocycles. The predicted octanol–water partition coefficient (Wildman–Crippen LogP) is 1.61. The van der Waals surface area contributed by atoms with Crippen LogP contribution in [0.1, 0.15) is 39.0 Å². The van der Waals surface area contributed by atoms with Crippen LogP contribution in [0.15, 0.2) is 0 Å². The van der Waals surface area contributed by atoms with Gasteiger partial charge in [-0.25, -0.2) is 0 Å². The van der Waals surface area contributed by atoms with E-state index in [-0.39, 0.29) is 11.8 Å². The van der Waals surface area contributed by atoms with Crippen LogP contribution in [-0.2, 0) is 9.59 Å². The Kier molecular flexibility index (Phi) is 2.81. The summed E-state index contributed by atoms with van der Waals surface area (Å²) in [5, 5.41) is 0. The Labute approximate surface area is 90.8 Å². The molecule has 1 atom stereocenters. The van der Waals surface area contributed by atoms with Gasteiger partial charge in [0, 0.05) is 25.4 Å². The minimum Gasteiger partial charge on any atom is -0.342 e. The lowest BCUT2D eigenvalue weighted by atomic mass is 9.63. The summed E-state index contributed by atoms with van der Waals surface area (Å²) in [4.78, 5) is 24.3. The van der Waals surface area contributed by atoms with Gasteiger partial charge in [-0.3, -0.25) is 4.79 Å². The number of carbonyl (C=O) groups excluding carboxylic acids is 2. The second-order valence-electron chi connectivity index (χ2n) is 5.23. The average Bonchev–Trinajstić information content (AvgIpc) is 2.18. The zero-order valence-electron chi connectivity index (χ0n) is 9.37. The predicted molar refractivity (Wildman–Crippen MR) is 57.3 cm³/mol. The quantitative estimate of drug-likeness (QED) is 0.662. The van der Waals surface area contributed by atoms with Crippen LogP contribution in [0.5, 0.6) is 0 Å². The molecule has 1 amide bonds. The highest BCUT2D eigenvalue weighted by molar-refractivity contribution is 5.78. The zero-order valence-corrected chi connectivity index (χ0v) is 9.37. The van der Waals surface area contributed by atoms with E-state index in [1.165, 1.54) is 19.3 Å². The van der Waals surface area contributed by atoms with Crippen LogP contribution in [0, 0.1) is 11.3 Å². The fourth-order valence-electron chi connectivity index (χ4n) is 2.71. The maximum Gasteiger partial charge on any atom is 0.223 e. The van der Waals surface area contributed by atoms with Crippen molar-refractivity contribution in [2.45, 2.75) is 39.0 Å². The number of carbonyl (C=O) groups is 2. The summed E-state index contributed by atoms with van der Waals surface area (Å²) in [7, 11) is 0. The fraction of sp³-hybridized carbons (Fsp3) is 0.833. The summed E-state index contributed by atoms with van der Waals surface area (Å²) in [5.74, 6) is 0.235. The van der Waals surface area contributed by atoms with Crippen LogP contribution in [0.2, 0.25) is 0 Å². The first-order valence-electron chi connectivity index (χ1n) is 5.88. The lowest BCUT2D eigenvalue weighted by Gasteiger charge is -2.47.